The van der Waals surface area contributed by atoms with Gasteiger partial charge in [0.05, 0.1) is 19.3 Å². The molecule has 2 heterocycles. The van der Waals surface area contributed by atoms with Crippen LogP contribution < -0.4 is 9.04 Å². The van der Waals surface area contributed by atoms with Crippen LogP contribution >= 0.6 is 11.6 Å². The molecule has 0 aliphatic rings. The van der Waals surface area contributed by atoms with Crippen molar-refractivity contribution in [3.63, 3.8) is 0 Å². The van der Waals surface area contributed by atoms with Crippen molar-refractivity contribution >= 4 is 33.0 Å². The number of halogens is 1. The number of methoxy groups -OCH3 is 1. The molecule has 9 heteroatoms. The van der Waals surface area contributed by atoms with Gasteiger partial charge in [-0.1, -0.05) is 23.7 Å². The molecule has 2 aromatic heterocycles. The number of ether oxygens (including phenoxy) is 1. The number of pyridine rings is 1. The molecule has 0 saturated heterocycles. The monoisotopic (exact) mass is 442 g/mol. The van der Waals surface area contributed by atoms with Crippen molar-refractivity contribution in [3.8, 4) is 5.75 Å². The standard InChI is InChI=1S/C21H19ClN4O3S/c1-15-23-24-21-11-10-20(14-25(15)21)30(27,28)26(18-8-6-17(22)7-9-18)13-16-4-3-5-19(12-16)29-2/h3-12,14H,13H2,1-2H3. The maximum Gasteiger partial charge on any atom is 0.266 e. The summed E-state index contributed by atoms with van der Waals surface area (Å²) in [6.45, 7) is 1.89. The Balaban J connectivity index is 1.82. The van der Waals surface area contributed by atoms with E-state index in [9.17, 15) is 8.42 Å². The summed E-state index contributed by atoms with van der Waals surface area (Å²) >= 11 is 6.02. The van der Waals surface area contributed by atoms with Crippen molar-refractivity contribution < 1.29 is 13.2 Å². The van der Waals surface area contributed by atoms with Crippen molar-refractivity contribution in [2.45, 2.75) is 18.4 Å². The molecule has 0 N–H and O–H groups in total. The predicted molar refractivity (Wildman–Crippen MR) is 116 cm³/mol. The quantitative estimate of drug-likeness (QED) is 0.449. The highest BCUT2D eigenvalue weighted by Crippen LogP contribution is 2.28. The first-order valence-corrected chi connectivity index (χ1v) is 10.9. The van der Waals surface area contributed by atoms with Crippen LogP contribution in [0.2, 0.25) is 5.02 Å². The molecule has 0 fully saturated rings. The SMILES string of the molecule is COc1cccc(CN(c2ccc(Cl)cc2)S(=O)(=O)c2ccc3nnc(C)n3c2)c1. The Morgan fingerprint density at radius 1 is 1.07 bits per heavy atom. The van der Waals surface area contributed by atoms with Crippen LogP contribution in [0, 0.1) is 6.92 Å². The van der Waals surface area contributed by atoms with Crippen LogP contribution in [0.1, 0.15) is 11.4 Å². The summed E-state index contributed by atoms with van der Waals surface area (Å²) < 4.78 is 35.6. The number of benzene rings is 2. The maximum absolute atomic E-state index is 13.7. The van der Waals surface area contributed by atoms with E-state index in [0.29, 0.717) is 27.9 Å². The number of anilines is 1. The average Bonchev–Trinajstić information content (AvgIpc) is 3.13. The highest BCUT2D eigenvalue weighted by molar-refractivity contribution is 7.92. The number of fused-ring (bicyclic) bond motifs is 1. The first-order chi connectivity index (χ1) is 14.4. The van der Waals surface area contributed by atoms with E-state index in [4.69, 9.17) is 16.3 Å². The first kappa shape index (κ1) is 20.2. The zero-order valence-electron chi connectivity index (χ0n) is 16.4. The van der Waals surface area contributed by atoms with Crippen LogP contribution in [-0.2, 0) is 16.6 Å². The third-order valence-electron chi connectivity index (χ3n) is 4.71. The number of hydrogen-bond donors (Lipinski definition) is 0. The number of hydrogen-bond acceptors (Lipinski definition) is 5. The van der Waals surface area contributed by atoms with E-state index in [1.165, 1.54) is 16.6 Å². The molecular formula is C21H19ClN4O3S. The average molecular weight is 443 g/mol. The van der Waals surface area contributed by atoms with Gasteiger partial charge in [-0.05, 0) is 61.0 Å². The van der Waals surface area contributed by atoms with Crippen molar-refractivity contribution in [2.75, 3.05) is 11.4 Å². The fourth-order valence-electron chi connectivity index (χ4n) is 3.12. The highest BCUT2D eigenvalue weighted by atomic mass is 35.5. The van der Waals surface area contributed by atoms with Crippen molar-refractivity contribution in [1.82, 2.24) is 14.6 Å². The summed E-state index contributed by atoms with van der Waals surface area (Å²) in [4.78, 5) is 0.135. The van der Waals surface area contributed by atoms with Crippen LogP contribution in [-0.4, -0.2) is 30.1 Å². The molecule has 0 radical (unpaired) electrons. The van der Waals surface area contributed by atoms with Crippen LogP contribution in [0.15, 0.2) is 71.8 Å². The molecule has 7 nitrogen and oxygen atoms in total. The van der Waals surface area contributed by atoms with E-state index in [2.05, 4.69) is 10.2 Å². The Morgan fingerprint density at radius 3 is 2.57 bits per heavy atom. The minimum Gasteiger partial charge on any atom is -0.497 e. The van der Waals surface area contributed by atoms with Gasteiger partial charge in [0.1, 0.15) is 16.5 Å². The van der Waals surface area contributed by atoms with Crippen LogP contribution in [0.5, 0.6) is 5.75 Å². The van der Waals surface area contributed by atoms with Gasteiger partial charge in [0.2, 0.25) is 0 Å². The van der Waals surface area contributed by atoms with Crippen molar-refractivity contribution in [2.24, 2.45) is 0 Å². The number of nitrogens with zero attached hydrogens (tertiary/aromatic N) is 4. The Bertz CT molecular complexity index is 1300. The topological polar surface area (TPSA) is 76.8 Å². The minimum atomic E-state index is -3.90. The Kier molecular flexibility index (Phi) is 5.36. The Labute approximate surface area is 179 Å². The molecule has 0 aliphatic heterocycles. The largest absolute Gasteiger partial charge is 0.497 e. The summed E-state index contributed by atoms with van der Waals surface area (Å²) in [6.07, 6.45) is 1.54. The Morgan fingerprint density at radius 2 is 1.83 bits per heavy atom. The number of aromatic nitrogens is 3. The van der Waals surface area contributed by atoms with Gasteiger partial charge in [0.25, 0.3) is 10.0 Å². The molecule has 0 bridgehead atoms. The molecule has 30 heavy (non-hydrogen) atoms. The fraction of sp³-hybridized carbons (Fsp3) is 0.143. The van der Waals surface area contributed by atoms with Gasteiger partial charge in [-0.2, -0.15) is 0 Å². The number of sulfonamides is 1. The van der Waals surface area contributed by atoms with Gasteiger partial charge in [-0.25, -0.2) is 8.42 Å². The molecule has 0 unspecified atom stereocenters. The van der Waals surface area contributed by atoms with Crippen LogP contribution in [0.25, 0.3) is 5.65 Å². The summed E-state index contributed by atoms with van der Waals surface area (Å²) in [7, 11) is -2.32. The molecule has 2 aromatic carbocycles. The fourth-order valence-corrected chi connectivity index (χ4v) is 4.70. The van der Waals surface area contributed by atoms with E-state index in [-0.39, 0.29) is 11.4 Å². The first-order valence-electron chi connectivity index (χ1n) is 9.11. The number of rotatable bonds is 6. The van der Waals surface area contributed by atoms with Gasteiger partial charge in [0, 0.05) is 11.2 Å². The normalized spacial score (nSPS) is 11.6. The van der Waals surface area contributed by atoms with Crippen LogP contribution in [0.4, 0.5) is 5.69 Å². The highest BCUT2D eigenvalue weighted by Gasteiger charge is 2.26. The van der Waals surface area contributed by atoms with Crippen molar-refractivity contribution in [3.05, 3.63) is 83.3 Å². The van der Waals surface area contributed by atoms with Gasteiger partial charge in [-0.15, -0.1) is 10.2 Å². The summed E-state index contributed by atoms with van der Waals surface area (Å²) in [6, 6.07) is 17.2. The van der Waals surface area contributed by atoms with Gasteiger partial charge in [0.15, 0.2) is 5.65 Å². The molecule has 0 amide bonds. The van der Waals surface area contributed by atoms with Gasteiger partial charge < -0.3 is 4.74 Å². The molecule has 154 valence electrons. The molecule has 0 aliphatic carbocycles. The molecule has 0 atom stereocenters. The van der Waals surface area contributed by atoms with Gasteiger partial charge >= 0.3 is 0 Å². The van der Waals surface area contributed by atoms with E-state index in [0.717, 1.165) is 5.56 Å². The Hall–Kier alpha value is -3.10. The smallest absolute Gasteiger partial charge is 0.266 e. The lowest BCUT2D eigenvalue weighted by Gasteiger charge is -2.25. The zero-order valence-corrected chi connectivity index (χ0v) is 17.9. The lowest BCUT2D eigenvalue weighted by Crippen LogP contribution is -2.30. The summed E-state index contributed by atoms with van der Waals surface area (Å²) in [5, 5.41) is 8.54. The maximum atomic E-state index is 13.7. The second-order valence-electron chi connectivity index (χ2n) is 6.68. The second kappa shape index (κ2) is 7.97. The zero-order chi connectivity index (χ0) is 21.3. The molecular weight excluding hydrogens is 424 g/mol. The number of aryl methyl sites for hydroxylation is 1. The third kappa shape index (κ3) is 3.83. The molecule has 4 rings (SSSR count). The molecule has 0 saturated carbocycles. The van der Waals surface area contributed by atoms with E-state index < -0.39 is 10.0 Å². The molecule has 0 spiro atoms. The van der Waals surface area contributed by atoms with Gasteiger partial charge in [-0.3, -0.25) is 8.71 Å². The van der Waals surface area contributed by atoms with Crippen molar-refractivity contribution in [1.29, 1.82) is 0 Å². The second-order valence-corrected chi connectivity index (χ2v) is 8.98. The third-order valence-corrected chi connectivity index (χ3v) is 6.72. The van der Waals surface area contributed by atoms with Crippen LogP contribution in [0.3, 0.4) is 0 Å². The predicted octanol–water partition coefficient (Wildman–Crippen LogP) is 4.10. The lowest BCUT2D eigenvalue weighted by atomic mass is 10.2. The van der Waals surface area contributed by atoms with E-state index >= 15 is 0 Å². The summed E-state index contributed by atoms with van der Waals surface area (Å²) in [5.41, 5.74) is 1.87. The van der Waals surface area contributed by atoms with E-state index in [1.807, 2.05) is 24.3 Å². The van der Waals surface area contributed by atoms with E-state index in [1.54, 1.807) is 48.8 Å². The lowest BCUT2D eigenvalue weighted by molar-refractivity contribution is 0.414. The summed E-state index contributed by atoms with van der Waals surface area (Å²) in [5.74, 6) is 1.26. The molecule has 4 aromatic rings. The minimum absolute atomic E-state index is 0.125.